The van der Waals surface area contributed by atoms with Gasteiger partial charge in [-0.15, -0.1) is 0 Å². The van der Waals surface area contributed by atoms with Gasteiger partial charge in [-0.3, -0.25) is 9.69 Å². The number of hydrogen-bond donors (Lipinski definition) is 0. The second kappa shape index (κ2) is 6.86. The van der Waals surface area contributed by atoms with Crippen LogP contribution in [0.15, 0.2) is 29.0 Å². The lowest BCUT2D eigenvalue weighted by Crippen LogP contribution is -2.35. The number of rotatable bonds is 2. The summed E-state index contributed by atoms with van der Waals surface area (Å²) in [5.74, 6) is 0. The van der Waals surface area contributed by atoms with Crippen molar-refractivity contribution in [2.75, 3.05) is 13.3 Å². The first-order valence-electron chi connectivity index (χ1n) is 8.22. The number of carbonyl (C=O) groups excluding carboxylic acids is 1. The average Bonchev–Trinajstić information content (AvgIpc) is 3.04. The fourth-order valence-electron chi connectivity index (χ4n) is 4.01. The molecule has 5 heteroatoms. The third-order valence-electron chi connectivity index (χ3n) is 5.36. The van der Waals surface area contributed by atoms with Gasteiger partial charge in [0.2, 0.25) is 6.41 Å². The molecule has 1 atom stereocenters. The number of nitrogens with zero attached hydrogens (tertiary/aromatic N) is 2. The van der Waals surface area contributed by atoms with E-state index in [2.05, 4.69) is 31.2 Å². The second-order valence-corrected chi connectivity index (χ2v) is 9.59. The molecule has 0 N–H and O–H groups in total. The van der Waals surface area contributed by atoms with Crippen LogP contribution in [0.2, 0.25) is 0 Å². The molecule has 1 spiro atoms. The molecule has 2 aliphatic rings. The Morgan fingerprint density at radius 1 is 1.35 bits per heavy atom. The van der Waals surface area contributed by atoms with Gasteiger partial charge in [-0.1, -0.05) is 48.9 Å². The van der Waals surface area contributed by atoms with Crippen molar-refractivity contribution in [2.45, 2.75) is 39.0 Å². The maximum Gasteiger partial charge on any atom is 0.215 e. The zero-order chi connectivity index (χ0) is 16.4. The lowest BCUT2D eigenvalue weighted by Gasteiger charge is -2.37. The normalized spacial score (nSPS) is 23.0. The van der Waals surface area contributed by atoms with E-state index >= 15 is 0 Å². The molecule has 3 rings (SSSR count). The molecular formula is C18H25N2OPS. The van der Waals surface area contributed by atoms with E-state index in [1.165, 1.54) is 43.0 Å². The van der Waals surface area contributed by atoms with Crippen molar-refractivity contribution in [3.63, 3.8) is 0 Å². The zero-order valence-electron chi connectivity index (χ0n) is 14.1. The Labute approximate surface area is 144 Å². The third kappa shape index (κ3) is 3.04. The van der Waals surface area contributed by atoms with Gasteiger partial charge >= 0.3 is 0 Å². The lowest BCUT2D eigenvalue weighted by atomic mass is 9.77. The minimum absolute atomic E-state index is 0.357. The van der Waals surface area contributed by atoms with Gasteiger partial charge in [-0.2, -0.15) is 0 Å². The van der Waals surface area contributed by atoms with Gasteiger partial charge in [0.05, 0.1) is 0 Å². The molecule has 1 amide bonds. The van der Waals surface area contributed by atoms with Crippen LogP contribution in [0, 0.1) is 5.41 Å². The largest absolute Gasteiger partial charge is 0.297 e. The SMILES string of the molecule is CS/C(=N/[PH]1=C(C)C2(CCCC2)Cc2ccccc21)N(C)C=O. The summed E-state index contributed by atoms with van der Waals surface area (Å²) < 4.78 is 5.11. The molecule has 1 aliphatic heterocycles. The average molecular weight is 348 g/mol. The third-order valence-corrected chi connectivity index (χ3v) is 8.94. The predicted molar refractivity (Wildman–Crippen MR) is 104 cm³/mol. The first-order valence-corrected chi connectivity index (χ1v) is 10.9. The van der Waals surface area contributed by atoms with E-state index in [-0.39, 0.29) is 0 Å². The molecule has 0 bridgehead atoms. The Morgan fingerprint density at radius 3 is 2.70 bits per heavy atom. The van der Waals surface area contributed by atoms with Crippen molar-refractivity contribution in [3.05, 3.63) is 29.8 Å². The lowest BCUT2D eigenvalue weighted by molar-refractivity contribution is -0.113. The topological polar surface area (TPSA) is 32.7 Å². The molecule has 124 valence electrons. The van der Waals surface area contributed by atoms with Gasteiger partial charge in [0.25, 0.3) is 0 Å². The Balaban J connectivity index is 2.16. The zero-order valence-corrected chi connectivity index (χ0v) is 15.9. The molecular weight excluding hydrogens is 323 g/mol. The summed E-state index contributed by atoms with van der Waals surface area (Å²) in [6.07, 6.45) is 9.30. The molecule has 23 heavy (non-hydrogen) atoms. The van der Waals surface area contributed by atoms with Crippen molar-refractivity contribution in [2.24, 2.45) is 10.2 Å². The molecule has 1 fully saturated rings. The second-order valence-electron chi connectivity index (χ2n) is 6.61. The quantitative estimate of drug-likeness (QED) is 0.354. The van der Waals surface area contributed by atoms with Crippen molar-refractivity contribution in [1.29, 1.82) is 0 Å². The monoisotopic (exact) mass is 348 g/mol. The van der Waals surface area contributed by atoms with Crippen molar-refractivity contribution in [1.82, 2.24) is 4.90 Å². The van der Waals surface area contributed by atoms with Gasteiger partial charge < -0.3 is 0 Å². The molecule has 1 unspecified atom stereocenters. The van der Waals surface area contributed by atoms with E-state index in [1.54, 1.807) is 29.0 Å². The number of amidine groups is 1. The fraction of sp³-hybridized carbons (Fsp3) is 0.500. The van der Waals surface area contributed by atoms with E-state index in [0.717, 1.165) is 11.6 Å². The Hall–Kier alpha value is -0.990. The Kier molecular flexibility index (Phi) is 5.03. The summed E-state index contributed by atoms with van der Waals surface area (Å²) in [6, 6.07) is 8.81. The van der Waals surface area contributed by atoms with Crippen LogP contribution in [-0.2, 0) is 11.2 Å². The minimum atomic E-state index is -1.15. The van der Waals surface area contributed by atoms with Gasteiger partial charge in [0.1, 0.15) is 0 Å². The maximum absolute atomic E-state index is 11.2. The highest BCUT2D eigenvalue weighted by Gasteiger charge is 2.40. The van der Waals surface area contributed by atoms with Gasteiger partial charge in [0.15, 0.2) is 5.17 Å². The van der Waals surface area contributed by atoms with E-state index in [0.29, 0.717) is 5.41 Å². The van der Waals surface area contributed by atoms with Crippen LogP contribution >= 0.6 is 19.5 Å². The molecule has 0 aromatic heterocycles. The molecule has 1 aromatic rings. The van der Waals surface area contributed by atoms with Crippen LogP contribution in [0.1, 0.15) is 38.2 Å². The van der Waals surface area contributed by atoms with Crippen molar-refractivity contribution in [3.8, 4) is 0 Å². The number of fused-ring (bicyclic) bond motifs is 1. The number of carbonyl (C=O) groups is 1. The van der Waals surface area contributed by atoms with Crippen LogP contribution in [0.5, 0.6) is 0 Å². The minimum Gasteiger partial charge on any atom is -0.297 e. The van der Waals surface area contributed by atoms with Crippen LogP contribution in [-0.4, -0.2) is 35.1 Å². The summed E-state index contributed by atoms with van der Waals surface area (Å²) >= 11 is 1.56. The standard InChI is InChI=1S/C18H25N2OPS/c1-14-18(10-6-7-11-18)12-15-8-4-5-9-16(15)22(14)19-17(23-3)20(2)13-21/h4-5,8-9,13,22H,6-7,10-12H2,1-3H3/b19-17+. The van der Waals surface area contributed by atoms with E-state index in [1.807, 2.05) is 6.26 Å². The van der Waals surface area contributed by atoms with Crippen LogP contribution in [0.4, 0.5) is 0 Å². The summed E-state index contributed by atoms with van der Waals surface area (Å²) in [6.45, 7) is 2.33. The molecule has 1 saturated carbocycles. The highest BCUT2D eigenvalue weighted by molar-refractivity contribution is 8.13. The van der Waals surface area contributed by atoms with Crippen LogP contribution in [0.3, 0.4) is 0 Å². The first kappa shape index (κ1) is 16.9. The summed E-state index contributed by atoms with van der Waals surface area (Å²) in [5, 5.41) is 3.83. The molecule has 0 radical (unpaired) electrons. The van der Waals surface area contributed by atoms with E-state index in [9.17, 15) is 4.79 Å². The predicted octanol–water partition coefficient (Wildman–Crippen LogP) is 3.56. The Morgan fingerprint density at radius 2 is 2.04 bits per heavy atom. The fourth-order valence-corrected chi connectivity index (χ4v) is 7.59. The number of hydrogen-bond acceptors (Lipinski definition) is 3. The van der Waals surface area contributed by atoms with E-state index < -0.39 is 7.70 Å². The summed E-state index contributed by atoms with van der Waals surface area (Å²) in [4.78, 5) is 12.8. The molecule has 0 saturated heterocycles. The number of amides is 1. The molecule has 1 aromatic carbocycles. The highest BCUT2D eigenvalue weighted by atomic mass is 32.2. The Bertz CT molecular complexity index is 677. The number of benzene rings is 1. The van der Waals surface area contributed by atoms with E-state index in [4.69, 9.17) is 4.76 Å². The van der Waals surface area contributed by atoms with Crippen molar-refractivity contribution < 1.29 is 4.79 Å². The smallest absolute Gasteiger partial charge is 0.215 e. The van der Waals surface area contributed by atoms with Crippen LogP contribution in [0.25, 0.3) is 0 Å². The molecule has 3 nitrogen and oxygen atoms in total. The van der Waals surface area contributed by atoms with Gasteiger partial charge in [-0.05, 0) is 54.0 Å². The highest BCUT2D eigenvalue weighted by Crippen LogP contribution is 2.50. The molecule has 1 aliphatic carbocycles. The van der Waals surface area contributed by atoms with Crippen molar-refractivity contribution >= 4 is 41.6 Å². The van der Waals surface area contributed by atoms with Crippen LogP contribution < -0.4 is 5.30 Å². The summed E-state index contributed by atoms with van der Waals surface area (Å²) in [5.41, 5.74) is 1.84. The molecule has 1 heterocycles. The van der Waals surface area contributed by atoms with Gasteiger partial charge in [0, 0.05) is 14.7 Å². The first-order chi connectivity index (χ1) is 11.1. The maximum atomic E-state index is 11.2. The van der Waals surface area contributed by atoms with Gasteiger partial charge in [-0.25, -0.2) is 4.76 Å². The number of thioether (sulfide) groups is 1. The summed E-state index contributed by atoms with van der Waals surface area (Å²) in [7, 11) is 0.637.